The minimum absolute atomic E-state index is 0.0592. The van der Waals surface area contributed by atoms with Crippen LogP contribution in [0.2, 0.25) is 0 Å². The van der Waals surface area contributed by atoms with Gasteiger partial charge in [0.1, 0.15) is 5.00 Å². The Labute approximate surface area is 173 Å². The van der Waals surface area contributed by atoms with E-state index in [-0.39, 0.29) is 11.7 Å². The van der Waals surface area contributed by atoms with Gasteiger partial charge in [-0.2, -0.15) is 0 Å². The van der Waals surface area contributed by atoms with Crippen LogP contribution in [0.15, 0.2) is 53.5 Å². The van der Waals surface area contributed by atoms with Gasteiger partial charge in [-0.3, -0.25) is 4.79 Å². The molecular weight excluding hydrogens is 384 g/mol. The number of phenols is 1. The first kappa shape index (κ1) is 19.2. The minimum Gasteiger partial charge on any atom is -0.504 e. The summed E-state index contributed by atoms with van der Waals surface area (Å²) in [4.78, 5) is 19.0. The number of aryl methyl sites for hydroxylation is 1. The molecule has 1 aliphatic carbocycles. The summed E-state index contributed by atoms with van der Waals surface area (Å²) in [5.41, 5.74) is 3.30. The van der Waals surface area contributed by atoms with Gasteiger partial charge in [0, 0.05) is 16.8 Å². The smallest absolute Gasteiger partial charge is 0.259 e. The van der Waals surface area contributed by atoms with Crippen molar-refractivity contribution < 1.29 is 14.6 Å². The number of fused-ring (bicyclic) bond motifs is 1. The van der Waals surface area contributed by atoms with Gasteiger partial charge in [0.05, 0.1) is 12.7 Å². The van der Waals surface area contributed by atoms with E-state index in [2.05, 4.69) is 10.3 Å². The SMILES string of the molecule is COc1ccc(/C=N\c2sc3c(c2C(=O)Nc2ccccc2)CCCC3)cc1O. The van der Waals surface area contributed by atoms with E-state index in [1.807, 2.05) is 36.4 Å². The van der Waals surface area contributed by atoms with Crippen LogP contribution in [0.1, 0.15) is 39.2 Å². The quantitative estimate of drug-likeness (QED) is 0.562. The third kappa shape index (κ3) is 4.17. The van der Waals surface area contributed by atoms with Gasteiger partial charge in [0.15, 0.2) is 11.5 Å². The monoisotopic (exact) mass is 406 g/mol. The molecule has 6 heteroatoms. The van der Waals surface area contributed by atoms with Crippen molar-refractivity contribution in [1.82, 2.24) is 0 Å². The molecule has 4 rings (SSSR count). The molecule has 0 aliphatic heterocycles. The molecule has 0 bridgehead atoms. The number of ether oxygens (including phenoxy) is 1. The van der Waals surface area contributed by atoms with Crippen molar-refractivity contribution in [3.8, 4) is 11.5 Å². The second kappa shape index (κ2) is 8.49. The lowest BCUT2D eigenvalue weighted by Crippen LogP contribution is -2.14. The Morgan fingerprint density at radius 2 is 1.97 bits per heavy atom. The number of methoxy groups -OCH3 is 1. The molecule has 0 atom stereocenters. The topological polar surface area (TPSA) is 70.9 Å². The first-order valence-corrected chi connectivity index (χ1v) is 10.4. The van der Waals surface area contributed by atoms with Gasteiger partial charge in [-0.05, 0) is 67.1 Å². The number of hydrogen-bond donors (Lipinski definition) is 2. The molecule has 0 spiro atoms. The maximum absolute atomic E-state index is 13.1. The summed E-state index contributed by atoms with van der Waals surface area (Å²) in [6.45, 7) is 0. The second-order valence-electron chi connectivity index (χ2n) is 6.90. The Balaban J connectivity index is 1.67. The van der Waals surface area contributed by atoms with Crippen LogP contribution in [0.4, 0.5) is 10.7 Å². The molecule has 3 aromatic rings. The standard InChI is InChI=1S/C23H22N2O3S/c1-28-19-12-11-15(13-18(19)26)14-24-23-21(17-9-5-6-10-20(17)29-23)22(27)25-16-7-3-2-4-8-16/h2-4,7-8,11-14,26H,5-6,9-10H2,1H3,(H,25,27)/b24-14-. The number of anilines is 1. The molecular formula is C23H22N2O3S. The number of amides is 1. The van der Waals surface area contributed by atoms with Crippen LogP contribution in [0.3, 0.4) is 0 Å². The molecule has 1 aliphatic rings. The molecule has 5 nitrogen and oxygen atoms in total. The number of thiophene rings is 1. The number of aliphatic imine (C=N–C) groups is 1. The maximum Gasteiger partial charge on any atom is 0.259 e. The normalized spacial score (nSPS) is 13.3. The van der Waals surface area contributed by atoms with Crippen LogP contribution < -0.4 is 10.1 Å². The summed E-state index contributed by atoms with van der Waals surface area (Å²) in [5, 5.41) is 13.7. The summed E-state index contributed by atoms with van der Waals surface area (Å²) in [7, 11) is 1.51. The Morgan fingerprint density at radius 3 is 2.72 bits per heavy atom. The van der Waals surface area contributed by atoms with E-state index in [1.165, 1.54) is 12.0 Å². The van der Waals surface area contributed by atoms with E-state index in [9.17, 15) is 9.90 Å². The zero-order valence-electron chi connectivity index (χ0n) is 16.1. The van der Waals surface area contributed by atoms with E-state index in [4.69, 9.17) is 4.74 Å². The number of phenolic OH excluding ortho intramolecular Hbond substituents is 1. The van der Waals surface area contributed by atoms with Gasteiger partial charge in [-0.25, -0.2) is 4.99 Å². The number of rotatable bonds is 5. The Kier molecular flexibility index (Phi) is 5.62. The highest BCUT2D eigenvalue weighted by atomic mass is 32.1. The van der Waals surface area contributed by atoms with Crippen molar-refractivity contribution in [3.05, 3.63) is 70.1 Å². The largest absolute Gasteiger partial charge is 0.504 e. The molecule has 0 fully saturated rings. The molecule has 0 saturated heterocycles. The number of para-hydroxylation sites is 1. The second-order valence-corrected chi connectivity index (χ2v) is 7.98. The average Bonchev–Trinajstić information content (AvgIpc) is 3.11. The van der Waals surface area contributed by atoms with E-state index in [0.29, 0.717) is 16.3 Å². The van der Waals surface area contributed by atoms with Gasteiger partial charge in [0.25, 0.3) is 5.91 Å². The summed E-state index contributed by atoms with van der Waals surface area (Å²) in [6, 6.07) is 14.6. The fourth-order valence-corrected chi connectivity index (χ4v) is 4.74. The number of hydrogen-bond acceptors (Lipinski definition) is 5. The summed E-state index contributed by atoms with van der Waals surface area (Å²) in [6.07, 6.45) is 5.80. The third-order valence-electron chi connectivity index (χ3n) is 4.95. The zero-order chi connectivity index (χ0) is 20.2. The highest BCUT2D eigenvalue weighted by molar-refractivity contribution is 7.16. The lowest BCUT2D eigenvalue weighted by atomic mass is 9.95. The molecule has 2 aromatic carbocycles. The molecule has 1 heterocycles. The van der Waals surface area contributed by atoms with Gasteiger partial charge >= 0.3 is 0 Å². The number of carbonyl (C=O) groups is 1. The van der Waals surface area contributed by atoms with Gasteiger partial charge < -0.3 is 15.2 Å². The summed E-state index contributed by atoms with van der Waals surface area (Å²) in [5.74, 6) is 0.348. The van der Waals surface area contributed by atoms with Crippen molar-refractivity contribution in [2.45, 2.75) is 25.7 Å². The van der Waals surface area contributed by atoms with Crippen molar-refractivity contribution in [1.29, 1.82) is 0 Å². The molecule has 29 heavy (non-hydrogen) atoms. The zero-order valence-corrected chi connectivity index (χ0v) is 17.0. The van der Waals surface area contributed by atoms with Gasteiger partial charge in [-0.15, -0.1) is 11.3 Å². The number of nitrogens with zero attached hydrogens (tertiary/aromatic N) is 1. The van der Waals surface area contributed by atoms with Crippen molar-refractivity contribution in [3.63, 3.8) is 0 Å². The average molecular weight is 407 g/mol. The minimum atomic E-state index is -0.125. The van der Waals surface area contributed by atoms with Crippen LogP contribution in [-0.4, -0.2) is 24.3 Å². The molecule has 1 aromatic heterocycles. The Bertz CT molecular complexity index is 1060. The predicted octanol–water partition coefficient (Wildman–Crippen LogP) is 5.34. The first-order valence-electron chi connectivity index (χ1n) is 9.57. The Morgan fingerprint density at radius 1 is 1.17 bits per heavy atom. The van der Waals surface area contributed by atoms with Crippen molar-refractivity contribution >= 4 is 34.1 Å². The maximum atomic E-state index is 13.1. The number of benzene rings is 2. The molecule has 2 N–H and O–H groups in total. The van der Waals surface area contributed by atoms with Gasteiger partial charge in [0.2, 0.25) is 0 Å². The number of aromatic hydroxyl groups is 1. The summed E-state index contributed by atoms with van der Waals surface area (Å²) < 4.78 is 5.08. The molecule has 0 unspecified atom stereocenters. The molecule has 148 valence electrons. The highest BCUT2D eigenvalue weighted by Gasteiger charge is 2.25. The van der Waals surface area contributed by atoms with Crippen LogP contribution >= 0.6 is 11.3 Å². The van der Waals surface area contributed by atoms with Crippen molar-refractivity contribution in [2.75, 3.05) is 12.4 Å². The predicted molar refractivity (Wildman–Crippen MR) is 117 cm³/mol. The van der Waals surface area contributed by atoms with Crippen LogP contribution in [0, 0.1) is 0 Å². The Hall–Kier alpha value is -3.12. The van der Waals surface area contributed by atoms with Crippen molar-refractivity contribution in [2.24, 2.45) is 4.99 Å². The van der Waals surface area contributed by atoms with E-state index in [0.717, 1.165) is 42.5 Å². The lowest BCUT2D eigenvalue weighted by molar-refractivity contribution is 0.102. The molecule has 0 saturated carbocycles. The molecule has 1 amide bonds. The summed E-state index contributed by atoms with van der Waals surface area (Å²) >= 11 is 1.59. The number of carbonyl (C=O) groups excluding carboxylic acids is 1. The lowest BCUT2D eigenvalue weighted by Gasteiger charge is -2.12. The van der Waals surface area contributed by atoms with E-state index >= 15 is 0 Å². The fourth-order valence-electron chi connectivity index (χ4n) is 3.51. The number of nitrogens with one attached hydrogen (secondary N) is 1. The van der Waals surface area contributed by atoms with Crippen LogP contribution in [-0.2, 0) is 12.8 Å². The fraction of sp³-hybridized carbons (Fsp3) is 0.217. The van der Waals surface area contributed by atoms with E-state index in [1.54, 1.807) is 29.7 Å². The van der Waals surface area contributed by atoms with Gasteiger partial charge in [-0.1, -0.05) is 18.2 Å². The first-order chi connectivity index (χ1) is 14.2. The van der Waals surface area contributed by atoms with E-state index < -0.39 is 0 Å². The van der Waals surface area contributed by atoms with Crippen LogP contribution in [0.5, 0.6) is 11.5 Å². The van der Waals surface area contributed by atoms with Crippen LogP contribution in [0.25, 0.3) is 0 Å². The third-order valence-corrected chi connectivity index (χ3v) is 6.15. The molecule has 0 radical (unpaired) electrons. The highest BCUT2D eigenvalue weighted by Crippen LogP contribution is 2.40.